The van der Waals surface area contributed by atoms with Crippen LogP contribution in [0.5, 0.6) is 5.75 Å². The number of carbonyl (C=O) groups is 1. The lowest BCUT2D eigenvalue weighted by Gasteiger charge is -2.14. The van der Waals surface area contributed by atoms with E-state index in [1.54, 1.807) is 24.3 Å². The van der Waals surface area contributed by atoms with Crippen molar-refractivity contribution in [3.05, 3.63) is 29.3 Å². The van der Waals surface area contributed by atoms with Crippen molar-refractivity contribution in [2.75, 3.05) is 0 Å². The summed E-state index contributed by atoms with van der Waals surface area (Å²) in [5.74, 6) is -0.458. The molecule has 0 spiro atoms. The summed E-state index contributed by atoms with van der Waals surface area (Å²) in [5, 5.41) is 9.41. The zero-order valence-corrected chi connectivity index (χ0v) is 9.20. The minimum absolute atomic E-state index is 0.488. The molecule has 0 fully saturated rings. The topological polar surface area (TPSA) is 46.5 Å². The molecule has 1 atom stereocenters. The van der Waals surface area contributed by atoms with Crippen molar-refractivity contribution in [2.45, 2.75) is 25.9 Å². The lowest BCUT2D eigenvalue weighted by Crippen LogP contribution is -2.26. The van der Waals surface area contributed by atoms with Gasteiger partial charge in [0.05, 0.1) is 0 Å². The van der Waals surface area contributed by atoms with Crippen molar-refractivity contribution in [2.24, 2.45) is 0 Å². The molecule has 15 heavy (non-hydrogen) atoms. The van der Waals surface area contributed by atoms with Gasteiger partial charge in [0.1, 0.15) is 5.75 Å². The average Bonchev–Trinajstić information content (AvgIpc) is 2.17. The van der Waals surface area contributed by atoms with E-state index in [1.165, 1.54) is 0 Å². The number of ether oxygens (including phenoxy) is 1. The van der Waals surface area contributed by atoms with Crippen molar-refractivity contribution in [3.8, 4) is 5.75 Å². The largest absolute Gasteiger partial charge is 0.479 e. The van der Waals surface area contributed by atoms with E-state index < -0.39 is 12.1 Å². The predicted molar refractivity (Wildman–Crippen MR) is 58.4 cm³/mol. The normalized spacial score (nSPS) is 12.1. The van der Waals surface area contributed by atoms with Gasteiger partial charge in [-0.15, -0.1) is 0 Å². The molecule has 0 unspecified atom stereocenters. The van der Waals surface area contributed by atoms with Crippen LogP contribution >= 0.6 is 11.6 Å². The Morgan fingerprint density at radius 2 is 2.33 bits per heavy atom. The highest BCUT2D eigenvalue weighted by Crippen LogP contribution is 2.19. The molecule has 0 amide bonds. The summed E-state index contributed by atoms with van der Waals surface area (Å²) in [6, 6.07) is 6.73. The Balaban J connectivity index is 2.69. The number of aliphatic carboxylic acids is 1. The number of benzene rings is 1. The van der Waals surface area contributed by atoms with E-state index in [-0.39, 0.29) is 0 Å². The fourth-order valence-corrected chi connectivity index (χ4v) is 1.38. The third-order valence-electron chi connectivity index (χ3n) is 1.90. The molecule has 1 aromatic carbocycles. The highest BCUT2D eigenvalue weighted by atomic mass is 35.5. The van der Waals surface area contributed by atoms with Crippen LogP contribution in [0.1, 0.15) is 19.8 Å². The third-order valence-corrected chi connectivity index (χ3v) is 2.14. The molecule has 4 heteroatoms. The quantitative estimate of drug-likeness (QED) is 0.843. The van der Waals surface area contributed by atoms with E-state index in [1.807, 2.05) is 6.92 Å². The molecule has 1 N–H and O–H groups in total. The monoisotopic (exact) mass is 228 g/mol. The van der Waals surface area contributed by atoms with Crippen LogP contribution in [-0.2, 0) is 4.79 Å². The van der Waals surface area contributed by atoms with E-state index in [9.17, 15) is 4.79 Å². The van der Waals surface area contributed by atoms with Gasteiger partial charge in [-0.05, 0) is 24.6 Å². The predicted octanol–water partition coefficient (Wildman–Crippen LogP) is 2.97. The van der Waals surface area contributed by atoms with E-state index in [0.717, 1.165) is 6.42 Å². The number of hydrogen-bond acceptors (Lipinski definition) is 2. The van der Waals surface area contributed by atoms with E-state index in [2.05, 4.69) is 0 Å². The van der Waals surface area contributed by atoms with Gasteiger partial charge in [-0.25, -0.2) is 4.79 Å². The molecule has 1 rings (SSSR count). The highest BCUT2D eigenvalue weighted by molar-refractivity contribution is 6.30. The van der Waals surface area contributed by atoms with Gasteiger partial charge in [0.15, 0.2) is 6.10 Å². The first kappa shape index (κ1) is 11.9. The van der Waals surface area contributed by atoms with E-state index >= 15 is 0 Å². The van der Waals surface area contributed by atoms with Gasteiger partial charge in [0.2, 0.25) is 0 Å². The van der Waals surface area contributed by atoms with Gasteiger partial charge in [-0.1, -0.05) is 31.0 Å². The van der Waals surface area contributed by atoms with Crippen LogP contribution in [0.15, 0.2) is 24.3 Å². The standard InChI is InChI=1S/C11H13ClO3/c1-2-4-10(11(13)14)15-9-6-3-5-8(12)7-9/h3,5-7,10H,2,4H2,1H3,(H,13,14)/t10-/m0/s1. The maximum absolute atomic E-state index is 10.8. The van der Waals surface area contributed by atoms with Crippen LogP contribution in [0.2, 0.25) is 5.02 Å². The highest BCUT2D eigenvalue weighted by Gasteiger charge is 2.17. The fourth-order valence-electron chi connectivity index (χ4n) is 1.20. The molecule has 0 heterocycles. The second kappa shape index (κ2) is 5.61. The third kappa shape index (κ3) is 3.80. The van der Waals surface area contributed by atoms with Gasteiger partial charge in [0, 0.05) is 5.02 Å². The fraction of sp³-hybridized carbons (Fsp3) is 0.364. The first-order valence-corrected chi connectivity index (χ1v) is 5.16. The minimum atomic E-state index is -0.947. The van der Waals surface area contributed by atoms with Crippen molar-refractivity contribution in [1.82, 2.24) is 0 Å². The van der Waals surface area contributed by atoms with Gasteiger partial charge >= 0.3 is 5.97 Å². The van der Waals surface area contributed by atoms with Gasteiger partial charge in [-0.2, -0.15) is 0 Å². The van der Waals surface area contributed by atoms with Crippen LogP contribution < -0.4 is 4.74 Å². The molecular weight excluding hydrogens is 216 g/mol. The second-order valence-corrected chi connectivity index (χ2v) is 3.63. The number of halogens is 1. The van der Waals surface area contributed by atoms with Crippen molar-refractivity contribution >= 4 is 17.6 Å². The molecule has 0 aliphatic heterocycles. The first-order chi connectivity index (χ1) is 7.13. The van der Waals surface area contributed by atoms with Crippen molar-refractivity contribution in [1.29, 1.82) is 0 Å². The molecule has 0 saturated heterocycles. The Bertz CT molecular complexity index is 338. The Labute approximate surface area is 93.6 Å². The summed E-state index contributed by atoms with van der Waals surface area (Å²) in [6.07, 6.45) is 0.452. The lowest BCUT2D eigenvalue weighted by atomic mass is 10.2. The second-order valence-electron chi connectivity index (χ2n) is 3.19. The SMILES string of the molecule is CCC[C@H](Oc1cccc(Cl)c1)C(=O)O. The Morgan fingerprint density at radius 1 is 1.60 bits per heavy atom. The molecule has 0 bridgehead atoms. The number of carboxylic acid groups (broad SMARTS) is 1. The smallest absolute Gasteiger partial charge is 0.344 e. The molecule has 1 aromatic rings. The van der Waals surface area contributed by atoms with Gasteiger partial charge in [0.25, 0.3) is 0 Å². The molecule has 82 valence electrons. The summed E-state index contributed by atoms with van der Waals surface area (Å²) >= 11 is 5.76. The molecular formula is C11H13ClO3. The summed E-state index contributed by atoms with van der Waals surface area (Å²) in [6.45, 7) is 1.91. The summed E-state index contributed by atoms with van der Waals surface area (Å²) in [7, 11) is 0. The summed E-state index contributed by atoms with van der Waals surface area (Å²) in [4.78, 5) is 10.8. The molecule has 0 aromatic heterocycles. The maximum Gasteiger partial charge on any atom is 0.344 e. The number of rotatable bonds is 5. The Morgan fingerprint density at radius 3 is 2.87 bits per heavy atom. The summed E-state index contributed by atoms with van der Waals surface area (Å²) in [5.41, 5.74) is 0. The van der Waals surface area contributed by atoms with Gasteiger partial charge in [-0.3, -0.25) is 0 Å². The molecule has 0 aliphatic rings. The zero-order chi connectivity index (χ0) is 11.3. The Hall–Kier alpha value is -1.22. The van der Waals surface area contributed by atoms with Crippen LogP contribution in [0.3, 0.4) is 0 Å². The van der Waals surface area contributed by atoms with Crippen molar-refractivity contribution < 1.29 is 14.6 Å². The average molecular weight is 229 g/mol. The molecule has 0 saturated carbocycles. The Kier molecular flexibility index (Phi) is 4.43. The van der Waals surface area contributed by atoms with Gasteiger partial charge < -0.3 is 9.84 Å². The number of hydrogen-bond donors (Lipinski definition) is 1. The minimum Gasteiger partial charge on any atom is -0.479 e. The van der Waals surface area contributed by atoms with E-state index in [4.69, 9.17) is 21.4 Å². The van der Waals surface area contributed by atoms with Crippen LogP contribution in [0, 0.1) is 0 Å². The molecule has 3 nitrogen and oxygen atoms in total. The van der Waals surface area contributed by atoms with E-state index in [0.29, 0.717) is 17.2 Å². The lowest BCUT2D eigenvalue weighted by molar-refractivity contribution is -0.145. The van der Waals surface area contributed by atoms with Crippen molar-refractivity contribution in [3.63, 3.8) is 0 Å². The molecule has 0 aliphatic carbocycles. The first-order valence-electron chi connectivity index (χ1n) is 4.78. The molecule has 0 radical (unpaired) electrons. The van der Waals surface area contributed by atoms with Crippen LogP contribution in [-0.4, -0.2) is 17.2 Å². The number of carboxylic acids is 1. The summed E-state index contributed by atoms with van der Waals surface area (Å²) < 4.78 is 5.31. The van der Waals surface area contributed by atoms with Crippen LogP contribution in [0.25, 0.3) is 0 Å². The van der Waals surface area contributed by atoms with Crippen LogP contribution in [0.4, 0.5) is 0 Å². The maximum atomic E-state index is 10.8. The zero-order valence-electron chi connectivity index (χ0n) is 8.44.